The second-order valence-corrected chi connectivity index (χ2v) is 5.74. The molecule has 1 aromatic carbocycles. The minimum absolute atomic E-state index is 0.0746. The molecule has 1 atom stereocenters. The Labute approximate surface area is 126 Å². The number of likely N-dealkylation sites (N-methyl/N-ethyl adjacent to an activating group) is 1. The Bertz CT molecular complexity index is 472. The average molecular weight is 291 g/mol. The fourth-order valence-corrected chi connectivity index (χ4v) is 2.43. The van der Waals surface area contributed by atoms with Crippen LogP contribution in [0.4, 0.5) is 4.79 Å². The molecule has 2 rings (SSSR count). The number of ether oxygens (including phenoxy) is 1. The van der Waals surface area contributed by atoms with Crippen molar-refractivity contribution in [1.82, 2.24) is 15.5 Å². The fourth-order valence-electron chi connectivity index (χ4n) is 2.43. The zero-order chi connectivity index (χ0) is 15.2. The molecule has 1 unspecified atom stereocenters. The lowest BCUT2D eigenvalue weighted by Crippen LogP contribution is -2.47. The maximum absolute atomic E-state index is 11.9. The Balaban J connectivity index is 1.93. The molecule has 2 amide bonds. The number of hydrogen-bond donors (Lipinski definition) is 2. The Morgan fingerprint density at radius 2 is 2.19 bits per heavy atom. The summed E-state index contributed by atoms with van der Waals surface area (Å²) in [7, 11) is 5.68. The summed E-state index contributed by atoms with van der Waals surface area (Å²) < 4.78 is 5.27. The highest BCUT2D eigenvalue weighted by atomic mass is 16.5. The quantitative estimate of drug-likeness (QED) is 0.844. The summed E-state index contributed by atoms with van der Waals surface area (Å²) >= 11 is 0. The molecule has 21 heavy (non-hydrogen) atoms. The predicted octanol–water partition coefficient (Wildman–Crippen LogP) is 2.15. The van der Waals surface area contributed by atoms with Gasteiger partial charge in [-0.2, -0.15) is 0 Å². The van der Waals surface area contributed by atoms with E-state index in [2.05, 4.69) is 21.6 Å². The standard InChI is InChI=1S/C16H25N3O2/c1-19(2)15(12-6-4-9-14(10-12)21-3)11-17-16(20)18-13-7-5-8-13/h4,6,9-10,13,15H,5,7-8,11H2,1-3H3,(H2,17,18,20). The Kier molecular flexibility index (Phi) is 5.44. The average Bonchev–Trinajstić information content (AvgIpc) is 2.43. The third kappa shape index (κ3) is 4.36. The summed E-state index contributed by atoms with van der Waals surface area (Å²) in [5, 5.41) is 5.96. The third-order valence-corrected chi connectivity index (χ3v) is 4.00. The van der Waals surface area contributed by atoms with Gasteiger partial charge in [-0.05, 0) is 51.1 Å². The molecule has 1 aliphatic carbocycles. The summed E-state index contributed by atoms with van der Waals surface area (Å²) in [6.45, 7) is 0.568. The normalized spacial score (nSPS) is 16.2. The van der Waals surface area contributed by atoms with Crippen molar-refractivity contribution in [3.63, 3.8) is 0 Å². The Morgan fingerprint density at radius 3 is 2.76 bits per heavy atom. The molecule has 2 N–H and O–H groups in total. The first-order chi connectivity index (χ1) is 10.1. The summed E-state index contributed by atoms with van der Waals surface area (Å²) in [5.74, 6) is 0.832. The fraction of sp³-hybridized carbons (Fsp3) is 0.562. The van der Waals surface area contributed by atoms with Crippen molar-refractivity contribution in [3.8, 4) is 5.75 Å². The van der Waals surface area contributed by atoms with Crippen molar-refractivity contribution in [2.24, 2.45) is 0 Å². The molecule has 1 saturated carbocycles. The molecule has 0 saturated heterocycles. The minimum Gasteiger partial charge on any atom is -0.497 e. The van der Waals surface area contributed by atoms with E-state index >= 15 is 0 Å². The molecule has 0 spiro atoms. The lowest BCUT2D eigenvalue weighted by Gasteiger charge is -2.28. The zero-order valence-electron chi connectivity index (χ0n) is 13.1. The molecular weight excluding hydrogens is 266 g/mol. The summed E-state index contributed by atoms with van der Waals surface area (Å²) in [5.41, 5.74) is 1.13. The number of carbonyl (C=O) groups excluding carboxylic acids is 1. The molecule has 1 aromatic rings. The second-order valence-electron chi connectivity index (χ2n) is 5.74. The Hall–Kier alpha value is -1.75. The van der Waals surface area contributed by atoms with E-state index in [0.717, 1.165) is 24.2 Å². The van der Waals surface area contributed by atoms with E-state index in [1.54, 1.807) is 7.11 Å². The van der Waals surface area contributed by atoms with Crippen LogP contribution in [-0.2, 0) is 0 Å². The molecule has 1 aliphatic rings. The van der Waals surface area contributed by atoms with Crippen LogP contribution in [0.1, 0.15) is 30.9 Å². The van der Waals surface area contributed by atoms with Gasteiger partial charge in [-0.1, -0.05) is 12.1 Å². The van der Waals surface area contributed by atoms with Gasteiger partial charge < -0.3 is 20.3 Å². The van der Waals surface area contributed by atoms with E-state index in [-0.39, 0.29) is 12.1 Å². The molecule has 0 radical (unpaired) electrons. The minimum atomic E-state index is -0.0746. The Morgan fingerprint density at radius 1 is 1.43 bits per heavy atom. The van der Waals surface area contributed by atoms with E-state index in [4.69, 9.17) is 4.74 Å². The maximum Gasteiger partial charge on any atom is 0.315 e. The van der Waals surface area contributed by atoms with Crippen LogP contribution in [0.25, 0.3) is 0 Å². The van der Waals surface area contributed by atoms with E-state index in [1.807, 2.05) is 32.3 Å². The van der Waals surface area contributed by atoms with Gasteiger partial charge in [-0.15, -0.1) is 0 Å². The van der Waals surface area contributed by atoms with Crippen LogP contribution < -0.4 is 15.4 Å². The highest BCUT2D eigenvalue weighted by Gasteiger charge is 2.20. The van der Waals surface area contributed by atoms with E-state index in [9.17, 15) is 4.79 Å². The van der Waals surface area contributed by atoms with Gasteiger partial charge in [0, 0.05) is 12.6 Å². The second kappa shape index (κ2) is 7.31. The molecule has 0 aromatic heterocycles. The first-order valence-corrected chi connectivity index (χ1v) is 7.45. The maximum atomic E-state index is 11.9. The summed E-state index contributed by atoms with van der Waals surface area (Å²) in [4.78, 5) is 14.0. The van der Waals surface area contributed by atoms with Gasteiger partial charge in [0.15, 0.2) is 0 Å². The van der Waals surface area contributed by atoms with Crippen LogP contribution in [-0.4, -0.2) is 44.7 Å². The summed E-state index contributed by atoms with van der Waals surface area (Å²) in [6, 6.07) is 8.36. The van der Waals surface area contributed by atoms with Gasteiger partial charge in [0.2, 0.25) is 0 Å². The number of nitrogens with zero attached hydrogens (tertiary/aromatic N) is 1. The van der Waals surface area contributed by atoms with Gasteiger partial charge in [0.1, 0.15) is 5.75 Å². The number of methoxy groups -OCH3 is 1. The molecule has 116 valence electrons. The highest BCUT2D eigenvalue weighted by Crippen LogP contribution is 2.22. The number of hydrogen-bond acceptors (Lipinski definition) is 3. The molecular formula is C16H25N3O2. The molecule has 0 bridgehead atoms. The number of urea groups is 1. The van der Waals surface area contributed by atoms with Crippen LogP contribution in [0.3, 0.4) is 0 Å². The molecule has 0 aliphatic heterocycles. The highest BCUT2D eigenvalue weighted by molar-refractivity contribution is 5.74. The van der Waals surface area contributed by atoms with Crippen molar-refractivity contribution in [3.05, 3.63) is 29.8 Å². The van der Waals surface area contributed by atoms with Crippen LogP contribution >= 0.6 is 0 Å². The summed E-state index contributed by atoms with van der Waals surface area (Å²) in [6.07, 6.45) is 3.41. The van der Waals surface area contributed by atoms with Gasteiger partial charge in [-0.3, -0.25) is 0 Å². The lowest BCUT2D eigenvalue weighted by atomic mass is 9.93. The van der Waals surface area contributed by atoms with Crippen molar-refractivity contribution < 1.29 is 9.53 Å². The number of nitrogens with one attached hydrogen (secondary N) is 2. The number of carbonyl (C=O) groups is 1. The number of benzene rings is 1. The van der Waals surface area contributed by atoms with Gasteiger partial charge in [-0.25, -0.2) is 4.79 Å². The monoisotopic (exact) mass is 291 g/mol. The SMILES string of the molecule is COc1cccc(C(CNC(=O)NC2CCC2)N(C)C)c1. The predicted molar refractivity (Wildman–Crippen MR) is 83.6 cm³/mol. The molecule has 0 heterocycles. The van der Waals surface area contributed by atoms with Gasteiger partial charge >= 0.3 is 6.03 Å². The van der Waals surface area contributed by atoms with E-state index in [0.29, 0.717) is 12.6 Å². The van der Waals surface area contributed by atoms with Gasteiger partial charge in [0.25, 0.3) is 0 Å². The van der Waals surface area contributed by atoms with E-state index < -0.39 is 0 Å². The third-order valence-electron chi connectivity index (χ3n) is 4.00. The van der Waals surface area contributed by atoms with Crippen molar-refractivity contribution in [1.29, 1.82) is 0 Å². The van der Waals surface area contributed by atoms with Crippen LogP contribution in [0.15, 0.2) is 24.3 Å². The van der Waals surface area contributed by atoms with Crippen molar-refractivity contribution in [2.45, 2.75) is 31.3 Å². The first kappa shape index (κ1) is 15.6. The van der Waals surface area contributed by atoms with E-state index in [1.165, 1.54) is 6.42 Å². The van der Waals surface area contributed by atoms with Crippen molar-refractivity contribution >= 4 is 6.03 Å². The number of amides is 2. The first-order valence-electron chi connectivity index (χ1n) is 7.45. The smallest absolute Gasteiger partial charge is 0.315 e. The molecule has 5 nitrogen and oxygen atoms in total. The van der Waals surface area contributed by atoms with Crippen molar-refractivity contribution in [2.75, 3.05) is 27.7 Å². The zero-order valence-corrected chi connectivity index (χ0v) is 13.1. The topological polar surface area (TPSA) is 53.6 Å². The number of rotatable bonds is 6. The van der Waals surface area contributed by atoms with Gasteiger partial charge in [0.05, 0.1) is 13.2 Å². The van der Waals surface area contributed by atoms with Crippen LogP contribution in [0, 0.1) is 0 Å². The lowest BCUT2D eigenvalue weighted by molar-refractivity contribution is 0.221. The van der Waals surface area contributed by atoms with Crippen LogP contribution in [0.5, 0.6) is 5.75 Å². The van der Waals surface area contributed by atoms with Crippen LogP contribution in [0.2, 0.25) is 0 Å². The largest absolute Gasteiger partial charge is 0.497 e. The molecule has 1 fully saturated rings. The molecule has 5 heteroatoms.